The highest BCUT2D eigenvalue weighted by molar-refractivity contribution is 5.87. The van der Waals surface area contributed by atoms with Crippen molar-refractivity contribution in [3.63, 3.8) is 0 Å². The zero-order valence-electron chi connectivity index (χ0n) is 12.3. The number of hydrogen-bond acceptors (Lipinski definition) is 7. The number of hydrogen-bond donors (Lipinski definition) is 2. The lowest BCUT2D eigenvalue weighted by atomic mass is 10.2. The molecule has 0 aliphatic carbocycles. The van der Waals surface area contributed by atoms with Crippen molar-refractivity contribution >= 4 is 22.9 Å². The van der Waals surface area contributed by atoms with Gasteiger partial charge in [0.1, 0.15) is 6.07 Å². The van der Waals surface area contributed by atoms with E-state index in [0.29, 0.717) is 29.1 Å². The van der Waals surface area contributed by atoms with Gasteiger partial charge in [0.2, 0.25) is 0 Å². The van der Waals surface area contributed by atoms with E-state index in [9.17, 15) is 0 Å². The standard InChI is InChI=1S/C15H13N7O/c1-2-17-13-4-14(18-7-12(13)9-21-23)22-15-11(8-20-22)3-10(5-16)6-19-15/h3-4,6-9,23H,2H2,1H3,(H,17,18). The lowest BCUT2D eigenvalue weighted by molar-refractivity contribution is 0.322. The van der Waals surface area contributed by atoms with Crippen molar-refractivity contribution in [2.24, 2.45) is 5.16 Å². The van der Waals surface area contributed by atoms with Crippen molar-refractivity contribution < 1.29 is 5.21 Å². The van der Waals surface area contributed by atoms with Crippen LogP contribution in [0.5, 0.6) is 0 Å². The summed E-state index contributed by atoms with van der Waals surface area (Å²) in [6.07, 6.45) is 6.04. The molecule has 0 aromatic carbocycles. The number of pyridine rings is 2. The number of fused-ring (bicyclic) bond motifs is 1. The molecule has 23 heavy (non-hydrogen) atoms. The fraction of sp³-hybridized carbons (Fsp3) is 0.133. The van der Waals surface area contributed by atoms with Crippen LogP contribution in [0.3, 0.4) is 0 Å². The monoisotopic (exact) mass is 307 g/mol. The van der Waals surface area contributed by atoms with Gasteiger partial charge in [-0.05, 0) is 13.0 Å². The van der Waals surface area contributed by atoms with Crippen molar-refractivity contribution in [1.29, 1.82) is 5.26 Å². The number of oxime groups is 1. The third-order valence-electron chi connectivity index (χ3n) is 3.24. The van der Waals surface area contributed by atoms with Crippen molar-refractivity contribution in [1.82, 2.24) is 19.7 Å². The molecule has 3 heterocycles. The third kappa shape index (κ3) is 2.67. The summed E-state index contributed by atoms with van der Waals surface area (Å²) < 4.78 is 1.59. The van der Waals surface area contributed by atoms with Crippen molar-refractivity contribution in [3.8, 4) is 11.9 Å². The van der Waals surface area contributed by atoms with Gasteiger partial charge >= 0.3 is 0 Å². The number of anilines is 1. The van der Waals surface area contributed by atoms with Crippen LogP contribution in [0.1, 0.15) is 18.1 Å². The zero-order valence-corrected chi connectivity index (χ0v) is 12.3. The molecule has 8 heteroatoms. The van der Waals surface area contributed by atoms with Crippen LogP contribution in [-0.2, 0) is 0 Å². The van der Waals surface area contributed by atoms with Gasteiger partial charge in [-0.3, -0.25) is 0 Å². The third-order valence-corrected chi connectivity index (χ3v) is 3.24. The molecule has 8 nitrogen and oxygen atoms in total. The molecule has 0 saturated heterocycles. The first-order valence-electron chi connectivity index (χ1n) is 6.92. The summed E-state index contributed by atoms with van der Waals surface area (Å²) in [5, 5.41) is 28.9. The topological polar surface area (TPSA) is 112 Å². The minimum atomic E-state index is 0.479. The summed E-state index contributed by atoms with van der Waals surface area (Å²) in [7, 11) is 0. The van der Waals surface area contributed by atoms with Gasteiger partial charge in [-0.1, -0.05) is 5.16 Å². The van der Waals surface area contributed by atoms with Gasteiger partial charge in [-0.15, -0.1) is 0 Å². The second-order valence-corrected chi connectivity index (χ2v) is 4.71. The van der Waals surface area contributed by atoms with Gasteiger partial charge in [-0.25, -0.2) is 9.97 Å². The predicted octanol–water partition coefficient (Wildman–Crippen LogP) is 1.93. The lowest BCUT2D eigenvalue weighted by Gasteiger charge is -2.09. The van der Waals surface area contributed by atoms with E-state index < -0.39 is 0 Å². The molecule has 0 radical (unpaired) electrons. The largest absolute Gasteiger partial charge is 0.411 e. The van der Waals surface area contributed by atoms with Gasteiger partial charge in [0, 0.05) is 41.6 Å². The Kier molecular flexibility index (Phi) is 3.84. The van der Waals surface area contributed by atoms with Crippen LogP contribution in [0.4, 0.5) is 5.69 Å². The summed E-state index contributed by atoms with van der Waals surface area (Å²) in [5.74, 6) is 0.572. The van der Waals surface area contributed by atoms with E-state index in [1.165, 1.54) is 12.4 Å². The van der Waals surface area contributed by atoms with Gasteiger partial charge in [-0.2, -0.15) is 15.0 Å². The normalized spacial score (nSPS) is 11.0. The number of nitrogens with zero attached hydrogens (tertiary/aromatic N) is 6. The van der Waals surface area contributed by atoms with Crippen molar-refractivity contribution in [2.45, 2.75) is 6.92 Å². The summed E-state index contributed by atoms with van der Waals surface area (Å²) in [6.45, 7) is 2.67. The Hall–Kier alpha value is -3.47. The molecule has 3 aromatic heterocycles. The Balaban J connectivity index is 2.11. The first kappa shape index (κ1) is 14.5. The fourth-order valence-electron chi connectivity index (χ4n) is 2.23. The van der Waals surface area contributed by atoms with E-state index in [2.05, 4.69) is 31.6 Å². The molecule has 0 saturated carbocycles. The van der Waals surface area contributed by atoms with Crippen LogP contribution in [0, 0.1) is 11.3 Å². The minimum Gasteiger partial charge on any atom is -0.411 e. The molecular weight excluding hydrogens is 294 g/mol. The van der Waals surface area contributed by atoms with Gasteiger partial charge < -0.3 is 10.5 Å². The highest BCUT2D eigenvalue weighted by Gasteiger charge is 2.10. The zero-order chi connectivity index (χ0) is 16.2. The van der Waals surface area contributed by atoms with Crippen LogP contribution in [0.25, 0.3) is 16.9 Å². The molecule has 0 unspecified atom stereocenters. The first-order valence-corrected chi connectivity index (χ1v) is 6.92. The highest BCUT2D eigenvalue weighted by atomic mass is 16.4. The predicted molar refractivity (Wildman–Crippen MR) is 84.9 cm³/mol. The highest BCUT2D eigenvalue weighted by Crippen LogP contribution is 2.20. The molecule has 0 aliphatic rings. The molecule has 0 amide bonds. The SMILES string of the molecule is CCNc1cc(-n2ncc3cc(C#N)cnc32)ncc1C=NO. The minimum absolute atomic E-state index is 0.479. The van der Waals surface area contributed by atoms with E-state index in [1.807, 2.05) is 6.92 Å². The number of rotatable bonds is 4. The molecular formula is C15H13N7O. The molecule has 3 aromatic rings. The van der Waals surface area contributed by atoms with Gasteiger partial charge in [0.25, 0.3) is 0 Å². The first-order chi connectivity index (χ1) is 11.3. The van der Waals surface area contributed by atoms with Gasteiger partial charge in [0.15, 0.2) is 11.5 Å². The van der Waals surface area contributed by atoms with Gasteiger partial charge in [0.05, 0.1) is 18.0 Å². The summed E-state index contributed by atoms with van der Waals surface area (Å²) in [5.41, 5.74) is 2.53. The van der Waals surface area contributed by atoms with Crippen molar-refractivity contribution in [3.05, 3.63) is 41.9 Å². The molecule has 0 bridgehead atoms. The molecule has 0 spiro atoms. The number of nitrogens with one attached hydrogen (secondary N) is 1. The van der Waals surface area contributed by atoms with E-state index >= 15 is 0 Å². The van der Waals surface area contributed by atoms with E-state index in [4.69, 9.17) is 10.5 Å². The van der Waals surface area contributed by atoms with Crippen molar-refractivity contribution in [2.75, 3.05) is 11.9 Å². The Bertz CT molecular complexity index is 923. The summed E-state index contributed by atoms with van der Waals surface area (Å²) in [6, 6.07) is 5.58. The molecule has 0 aliphatic heterocycles. The van der Waals surface area contributed by atoms with E-state index in [0.717, 1.165) is 11.1 Å². The number of aromatic nitrogens is 4. The van der Waals surface area contributed by atoms with Crippen LogP contribution in [0.2, 0.25) is 0 Å². The van der Waals surface area contributed by atoms with E-state index in [-0.39, 0.29) is 0 Å². The molecule has 0 fully saturated rings. The Labute approximate surface area is 131 Å². The number of nitriles is 1. The molecule has 0 atom stereocenters. The molecule has 3 rings (SSSR count). The molecule has 114 valence electrons. The second-order valence-electron chi connectivity index (χ2n) is 4.71. The summed E-state index contributed by atoms with van der Waals surface area (Å²) >= 11 is 0. The van der Waals surface area contributed by atoms with Crippen LogP contribution < -0.4 is 5.32 Å². The maximum atomic E-state index is 8.93. The van der Waals surface area contributed by atoms with E-state index in [1.54, 1.807) is 29.2 Å². The Morgan fingerprint density at radius 3 is 2.96 bits per heavy atom. The van der Waals surface area contributed by atoms with Crippen LogP contribution >= 0.6 is 0 Å². The maximum absolute atomic E-state index is 8.93. The summed E-state index contributed by atoms with van der Waals surface area (Å²) in [4.78, 5) is 8.60. The second kappa shape index (κ2) is 6.11. The average Bonchev–Trinajstić information content (AvgIpc) is 3.00. The maximum Gasteiger partial charge on any atom is 0.164 e. The Morgan fingerprint density at radius 2 is 2.22 bits per heavy atom. The Morgan fingerprint density at radius 1 is 1.35 bits per heavy atom. The lowest BCUT2D eigenvalue weighted by Crippen LogP contribution is -2.06. The molecule has 2 N–H and O–H groups in total. The van der Waals surface area contributed by atoms with Crippen LogP contribution in [-0.4, -0.2) is 37.7 Å². The quantitative estimate of drug-likeness (QED) is 0.432. The average molecular weight is 307 g/mol. The smallest absolute Gasteiger partial charge is 0.164 e. The fourth-order valence-corrected chi connectivity index (χ4v) is 2.23. The van der Waals surface area contributed by atoms with Crippen LogP contribution in [0.15, 0.2) is 35.9 Å².